The normalized spacial score (nSPS) is 17.0. The highest BCUT2D eigenvalue weighted by Gasteiger charge is 2.23. The standard InChI is InChI=1S/C18H25N3O/c1-21(12-13-6-2-3-7-13)18(22)16(19)10-14-11-20-17-9-5-4-8-15(14)17/h4-5,8-9,11,13,16,20H,2-3,6-7,10,12,19H2,1H3/t16-/m0/s1. The molecule has 1 fully saturated rings. The zero-order chi connectivity index (χ0) is 15.5. The molecule has 0 bridgehead atoms. The quantitative estimate of drug-likeness (QED) is 0.891. The number of aromatic nitrogens is 1. The van der Waals surface area contributed by atoms with Crippen LogP contribution in [0.25, 0.3) is 10.9 Å². The largest absolute Gasteiger partial charge is 0.361 e. The van der Waals surface area contributed by atoms with Crippen LogP contribution in [-0.4, -0.2) is 35.4 Å². The highest BCUT2D eigenvalue weighted by molar-refractivity contribution is 5.86. The first kappa shape index (κ1) is 15.1. The number of para-hydroxylation sites is 1. The number of hydrogen-bond acceptors (Lipinski definition) is 2. The van der Waals surface area contributed by atoms with Gasteiger partial charge in [0.25, 0.3) is 0 Å². The summed E-state index contributed by atoms with van der Waals surface area (Å²) >= 11 is 0. The van der Waals surface area contributed by atoms with Gasteiger partial charge >= 0.3 is 0 Å². The minimum atomic E-state index is -0.467. The van der Waals surface area contributed by atoms with Gasteiger partial charge in [0.1, 0.15) is 0 Å². The van der Waals surface area contributed by atoms with Crippen molar-refractivity contribution in [1.29, 1.82) is 0 Å². The number of nitrogens with two attached hydrogens (primary N) is 1. The molecule has 1 aromatic carbocycles. The van der Waals surface area contributed by atoms with Crippen LogP contribution in [0, 0.1) is 5.92 Å². The van der Waals surface area contributed by atoms with Crippen molar-refractivity contribution in [3.8, 4) is 0 Å². The molecule has 1 aromatic heterocycles. The summed E-state index contributed by atoms with van der Waals surface area (Å²) in [5, 5.41) is 1.16. The third-order valence-electron chi connectivity index (χ3n) is 4.81. The molecular formula is C18H25N3O. The van der Waals surface area contributed by atoms with E-state index in [-0.39, 0.29) is 5.91 Å². The number of carbonyl (C=O) groups is 1. The SMILES string of the molecule is CN(CC1CCCC1)C(=O)[C@@H](N)Cc1c[nH]c2ccccc12. The molecule has 4 nitrogen and oxygen atoms in total. The van der Waals surface area contributed by atoms with Gasteiger partial charge in [-0.15, -0.1) is 0 Å². The molecule has 1 aliphatic carbocycles. The molecule has 3 rings (SSSR count). The maximum atomic E-state index is 12.5. The molecule has 0 spiro atoms. The molecule has 1 aliphatic rings. The van der Waals surface area contributed by atoms with Gasteiger partial charge in [0.05, 0.1) is 6.04 Å². The van der Waals surface area contributed by atoms with Crippen molar-refractivity contribution >= 4 is 16.8 Å². The number of rotatable bonds is 5. The zero-order valence-electron chi connectivity index (χ0n) is 13.2. The number of likely N-dealkylation sites (N-methyl/N-ethyl adjacent to an activating group) is 1. The van der Waals surface area contributed by atoms with Crippen molar-refractivity contribution in [2.24, 2.45) is 11.7 Å². The van der Waals surface area contributed by atoms with Crippen LogP contribution < -0.4 is 5.73 Å². The molecule has 0 aliphatic heterocycles. The van der Waals surface area contributed by atoms with Gasteiger partial charge in [-0.2, -0.15) is 0 Å². The molecule has 0 unspecified atom stereocenters. The topological polar surface area (TPSA) is 62.1 Å². The van der Waals surface area contributed by atoms with E-state index in [0.717, 1.165) is 23.0 Å². The fourth-order valence-electron chi connectivity index (χ4n) is 3.58. The molecule has 1 atom stereocenters. The number of nitrogens with zero attached hydrogens (tertiary/aromatic N) is 1. The summed E-state index contributed by atoms with van der Waals surface area (Å²) in [6.45, 7) is 0.848. The lowest BCUT2D eigenvalue weighted by Crippen LogP contribution is -2.44. The van der Waals surface area contributed by atoms with E-state index in [1.807, 2.05) is 36.3 Å². The summed E-state index contributed by atoms with van der Waals surface area (Å²) in [7, 11) is 1.88. The third kappa shape index (κ3) is 3.17. The first-order valence-corrected chi connectivity index (χ1v) is 8.20. The van der Waals surface area contributed by atoms with Gasteiger partial charge in [-0.1, -0.05) is 31.0 Å². The van der Waals surface area contributed by atoms with Crippen LogP contribution >= 0.6 is 0 Å². The number of fused-ring (bicyclic) bond motifs is 1. The highest BCUT2D eigenvalue weighted by Crippen LogP contribution is 2.25. The molecule has 2 aromatic rings. The number of benzene rings is 1. The van der Waals surface area contributed by atoms with E-state index >= 15 is 0 Å². The lowest BCUT2D eigenvalue weighted by Gasteiger charge is -2.24. The van der Waals surface area contributed by atoms with E-state index in [9.17, 15) is 4.79 Å². The van der Waals surface area contributed by atoms with Crippen molar-refractivity contribution in [1.82, 2.24) is 9.88 Å². The first-order chi connectivity index (χ1) is 10.6. The summed E-state index contributed by atoms with van der Waals surface area (Å²) in [5.74, 6) is 0.714. The van der Waals surface area contributed by atoms with Crippen molar-refractivity contribution in [2.45, 2.75) is 38.1 Å². The highest BCUT2D eigenvalue weighted by atomic mass is 16.2. The lowest BCUT2D eigenvalue weighted by molar-refractivity contribution is -0.131. The second-order valence-electron chi connectivity index (χ2n) is 6.54. The molecule has 0 saturated heterocycles. The van der Waals surface area contributed by atoms with Gasteiger partial charge in [0.2, 0.25) is 5.91 Å². The maximum absolute atomic E-state index is 12.5. The van der Waals surface area contributed by atoms with Crippen LogP contribution in [0.5, 0.6) is 0 Å². The Morgan fingerprint density at radius 3 is 2.86 bits per heavy atom. The number of aromatic amines is 1. The Labute approximate surface area is 131 Å². The van der Waals surface area contributed by atoms with E-state index in [0.29, 0.717) is 12.3 Å². The fraction of sp³-hybridized carbons (Fsp3) is 0.500. The van der Waals surface area contributed by atoms with Gasteiger partial charge in [-0.3, -0.25) is 4.79 Å². The third-order valence-corrected chi connectivity index (χ3v) is 4.81. The molecule has 118 valence electrons. The molecule has 22 heavy (non-hydrogen) atoms. The lowest BCUT2D eigenvalue weighted by atomic mass is 10.0. The Morgan fingerprint density at radius 1 is 1.36 bits per heavy atom. The van der Waals surface area contributed by atoms with E-state index in [2.05, 4.69) is 11.1 Å². The van der Waals surface area contributed by atoms with E-state index < -0.39 is 6.04 Å². The summed E-state index contributed by atoms with van der Waals surface area (Å²) in [6.07, 6.45) is 7.64. The molecule has 1 heterocycles. The van der Waals surface area contributed by atoms with Gasteiger partial charge in [-0.25, -0.2) is 0 Å². The van der Waals surface area contributed by atoms with Crippen molar-refractivity contribution in [3.05, 3.63) is 36.0 Å². The summed E-state index contributed by atoms with van der Waals surface area (Å²) in [6, 6.07) is 7.66. The van der Waals surface area contributed by atoms with Crippen LogP contribution in [-0.2, 0) is 11.2 Å². The van der Waals surface area contributed by atoms with Crippen molar-refractivity contribution in [2.75, 3.05) is 13.6 Å². The van der Waals surface area contributed by atoms with Gasteiger partial charge < -0.3 is 15.6 Å². The Kier molecular flexibility index (Phi) is 4.48. The predicted molar refractivity (Wildman–Crippen MR) is 89.6 cm³/mol. The van der Waals surface area contributed by atoms with Crippen LogP contribution in [0.2, 0.25) is 0 Å². The second-order valence-corrected chi connectivity index (χ2v) is 6.54. The Hall–Kier alpha value is -1.81. The Bertz CT molecular complexity index is 643. The average Bonchev–Trinajstić information content (AvgIpc) is 3.17. The number of hydrogen-bond donors (Lipinski definition) is 2. The smallest absolute Gasteiger partial charge is 0.239 e. The van der Waals surface area contributed by atoms with Gasteiger partial charge in [-0.05, 0) is 36.8 Å². The van der Waals surface area contributed by atoms with E-state index in [4.69, 9.17) is 5.73 Å². The molecule has 3 N–H and O–H groups in total. The van der Waals surface area contributed by atoms with Crippen LogP contribution in [0.3, 0.4) is 0 Å². The second kappa shape index (κ2) is 6.53. The maximum Gasteiger partial charge on any atom is 0.239 e. The molecule has 1 amide bonds. The predicted octanol–water partition coefficient (Wildman–Crippen LogP) is 2.69. The minimum absolute atomic E-state index is 0.0529. The number of carbonyl (C=O) groups excluding carboxylic acids is 1. The van der Waals surface area contributed by atoms with Gasteiger partial charge in [0, 0.05) is 30.7 Å². The van der Waals surface area contributed by atoms with E-state index in [1.165, 1.54) is 25.7 Å². The van der Waals surface area contributed by atoms with Gasteiger partial charge in [0.15, 0.2) is 0 Å². The molecule has 4 heteroatoms. The van der Waals surface area contributed by atoms with Crippen molar-refractivity contribution < 1.29 is 4.79 Å². The number of H-pyrrole nitrogens is 1. The average molecular weight is 299 g/mol. The molecule has 1 saturated carbocycles. The molecule has 0 radical (unpaired) electrons. The van der Waals surface area contributed by atoms with Crippen LogP contribution in [0.15, 0.2) is 30.5 Å². The summed E-state index contributed by atoms with van der Waals surface area (Å²) in [5.41, 5.74) is 8.38. The Morgan fingerprint density at radius 2 is 2.09 bits per heavy atom. The Balaban J connectivity index is 1.63. The summed E-state index contributed by atoms with van der Waals surface area (Å²) < 4.78 is 0. The van der Waals surface area contributed by atoms with Crippen LogP contribution in [0.4, 0.5) is 0 Å². The van der Waals surface area contributed by atoms with Crippen LogP contribution in [0.1, 0.15) is 31.2 Å². The zero-order valence-corrected chi connectivity index (χ0v) is 13.2. The monoisotopic (exact) mass is 299 g/mol. The number of amides is 1. The molecular weight excluding hydrogens is 274 g/mol. The minimum Gasteiger partial charge on any atom is -0.361 e. The van der Waals surface area contributed by atoms with Crippen molar-refractivity contribution in [3.63, 3.8) is 0 Å². The number of nitrogens with one attached hydrogen (secondary N) is 1. The fourth-order valence-corrected chi connectivity index (χ4v) is 3.58. The van der Waals surface area contributed by atoms with E-state index in [1.54, 1.807) is 0 Å². The summed E-state index contributed by atoms with van der Waals surface area (Å²) in [4.78, 5) is 17.6. The first-order valence-electron chi connectivity index (χ1n) is 8.20.